The zero-order valence-electron chi connectivity index (χ0n) is 17.7. The second kappa shape index (κ2) is 9.87. The number of thioether (sulfide) groups is 1. The number of rotatable bonds is 5. The minimum absolute atomic E-state index is 0.177. The van der Waals surface area contributed by atoms with E-state index in [9.17, 15) is 9.59 Å². The van der Waals surface area contributed by atoms with Crippen LogP contribution in [0.1, 0.15) is 23.0 Å². The number of methoxy groups -OCH3 is 1. The van der Waals surface area contributed by atoms with Crippen LogP contribution in [-0.4, -0.2) is 35.6 Å². The van der Waals surface area contributed by atoms with E-state index in [4.69, 9.17) is 32.4 Å². The van der Waals surface area contributed by atoms with Crippen molar-refractivity contribution < 1.29 is 18.7 Å². The lowest BCUT2D eigenvalue weighted by Gasteiger charge is -2.12. The number of hydrogen-bond acceptors (Lipinski definition) is 6. The summed E-state index contributed by atoms with van der Waals surface area (Å²) < 4.78 is 10.7. The van der Waals surface area contributed by atoms with E-state index in [1.807, 2.05) is 6.92 Å². The first-order valence-electron chi connectivity index (χ1n) is 9.93. The van der Waals surface area contributed by atoms with Gasteiger partial charge in [-0.25, -0.2) is 9.79 Å². The third-order valence-electron chi connectivity index (χ3n) is 4.79. The summed E-state index contributed by atoms with van der Waals surface area (Å²) >= 11 is 13.6. The summed E-state index contributed by atoms with van der Waals surface area (Å²) in [5.41, 5.74) is 1.60. The summed E-state index contributed by atoms with van der Waals surface area (Å²) in [6.45, 7) is 2.31. The van der Waals surface area contributed by atoms with E-state index in [0.29, 0.717) is 55.0 Å². The number of benzene rings is 2. The van der Waals surface area contributed by atoms with Crippen LogP contribution in [0.5, 0.6) is 0 Å². The molecule has 2 heterocycles. The Labute approximate surface area is 204 Å². The molecular weight excluding hydrogens is 483 g/mol. The molecule has 0 unspecified atom stereocenters. The molecule has 0 atom stereocenters. The summed E-state index contributed by atoms with van der Waals surface area (Å²) in [4.78, 5) is 31.4. The van der Waals surface area contributed by atoms with Crippen LogP contribution in [-0.2, 0) is 9.53 Å². The zero-order chi connectivity index (χ0) is 23.5. The largest absolute Gasteiger partial charge is 0.465 e. The molecule has 33 heavy (non-hydrogen) atoms. The Kier molecular flexibility index (Phi) is 6.93. The molecule has 6 nitrogen and oxygen atoms in total. The van der Waals surface area contributed by atoms with Gasteiger partial charge in [0.15, 0.2) is 5.17 Å². The number of likely N-dealkylation sites (N-methyl/N-ethyl adjacent to an activating group) is 1. The maximum Gasteiger partial charge on any atom is 0.337 e. The highest BCUT2D eigenvalue weighted by molar-refractivity contribution is 8.18. The van der Waals surface area contributed by atoms with Gasteiger partial charge < -0.3 is 9.15 Å². The number of amides is 1. The minimum atomic E-state index is -0.450. The van der Waals surface area contributed by atoms with E-state index >= 15 is 0 Å². The molecule has 4 rings (SSSR count). The Balaban J connectivity index is 1.62. The predicted molar refractivity (Wildman–Crippen MR) is 132 cm³/mol. The van der Waals surface area contributed by atoms with Gasteiger partial charge in [-0.2, -0.15) is 0 Å². The van der Waals surface area contributed by atoms with Gasteiger partial charge in [-0.1, -0.05) is 29.3 Å². The van der Waals surface area contributed by atoms with E-state index in [2.05, 4.69) is 4.99 Å². The molecule has 0 saturated carbocycles. The van der Waals surface area contributed by atoms with Crippen molar-refractivity contribution in [3.63, 3.8) is 0 Å². The molecule has 168 valence electrons. The van der Waals surface area contributed by atoms with Gasteiger partial charge in [-0.05, 0) is 67.2 Å². The van der Waals surface area contributed by atoms with E-state index < -0.39 is 5.97 Å². The number of esters is 1. The minimum Gasteiger partial charge on any atom is -0.465 e. The van der Waals surface area contributed by atoms with Crippen molar-refractivity contribution in [1.29, 1.82) is 0 Å². The molecule has 1 fully saturated rings. The molecule has 1 aromatic heterocycles. The average molecular weight is 501 g/mol. The summed E-state index contributed by atoms with van der Waals surface area (Å²) in [6, 6.07) is 15.4. The van der Waals surface area contributed by atoms with Gasteiger partial charge in [-0.15, -0.1) is 0 Å². The Bertz CT molecular complexity index is 1300. The number of furan rings is 1. The first-order valence-corrected chi connectivity index (χ1v) is 11.5. The monoisotopic (exact) mass is 500 g/mol. The summed E-state index contributed by atoms with van der Waals surface area (Å²) in [6.07, 6.45) is 1.67. The molecule has 0 N–H and O–H groups in total. The zero-order valence-corrected chi connectivity index (χ0v) is 20.0. The maximum absolute atomic E-state index is 12.9. The number of carbonyl (C=O) groups is 2. The quantitative estimate of drug-likeness (QED) is 0.289. The van der Waals surface area contributed by atoms with Gasteiger partial charge in [0.05, 0.1) is 28.3 Å². The lowest BCUT2D eigenvalue weighted by molar-refractivity contribution is -0.122. The van der Waals surface area contributed by atoms with E-state index in [1.54, 1.807) is 65.6 Å². The molecule has 1 saturated heterocycles. The molecule has 1 aliphatic rings. The summed E-state index contributed by atoms with van der Waals surface area (Å²) in [5, 5.41) is 1.57. The third-order valence-corrected chi connectivity index (χ3v) is 6.36. The van der Waals surface area contributed by atoms with Crippen molar-refractivity contribution in [2.45, 2.75) is 6.92 Å². The second-order valence-corrected chi connectivity index (χ2v) is 8.78. The maximum atomic E-state index is 12.9. The van der Waals surface area contributed by atoms with Gasteiger partial charge in [0.1, 0.15) is 11.5 Å². The van der Waals surface area contributed by atoms with E-state index in [-0.39, 0.29) is 5.91 Å². The fourth-order valence-corrected chi connectivity index (χ4v) is 4.62. The standard InChI is InChI=1S/C24H18Cl2N2O4S/c1-3-28-22(29)21(33-24(28)27-16-6-4-5-14(11-16)23(30)31-2)13-17-8-10-20(32-17)18-12-15(25)7-9-19(18)26/h4-13H,3H2,1-2H3. The van der Waals surface area contributed by atoms with Crippen molar-refractivity contribution in [2.24, 2.45) is 4.99 Å². The lowest BCUT2D eigenvalue weighted by atomic mass is 10.2. The molecule has 3 aromatic rings. The molecular formula is C24H18Cl2N2O4S. The van der Waals surface area contributed by atoms with Crippen molar-refractivity contribution in [2.75, 3.05) is 13.7 Å². The number of amidine groups is 1. The third kappa shape index (κ3) is 5.00. The van der Waals surface area contributed by atoms with Crippen molar-refractivity contribution in [1.82, 2.24) is 4.90 Å². The van der Waals surface area contributed by atoms with Crippen LogP contribution < -0.4 is 0 Å². The summed E-state index contributed by atoms with van der Waals surface area (Å²) in [5.74, 6) is 0.421. The highest BCUT2D eigenvalue weighted by atomic mass is 35.5. The highest BCUT2D eigenvalue weighted by Gasteiger charge is 2.32. The van der Waals surface area contributed by atoms with Crippen LogP contribution in [0.3, 0.4) is 0 Å². The van der Waals surface area contributed by atoms with Gasteiger partial charge in [0.25, 0.3) is 5.91 Å². The number of halogens is 2. The molecule has 2 aromatic carbocycles. The fourth-order valence-electron chi connectivity index (χ4n) is 3.19. The molecule has 9 heteroatoms. The Morgan fingerprint density at radius 1 is 1.18 bits per heavy atom. The first kappa shape index (κ1) is 23.2. The number of nitrogens with zero attached hydrogens (tertiary/aromatic N) is 2. The molecule has 0 spiro atoms. The van der Waals surface area contributed by atoms with Crippen LogP contribution in [0.4, 0.5) is 5.69 Å². The van der Waals surface area contributed by atoms with Crippen LogP contribution in [0.2, 0.25) is 10.0 Å². The van der Waals surface area contributed by atoms with Crippen LogP contribution in [0.15, 0.2) is 68.9 Å². The van der Waals surface area contributed by atoms with Crippen LogP contribution >= 0.6 is 35.0 Å². The van der Waals surface area contributed by atoms with Crippen LogP contribution in [0, 0.1) is 0 Å². The van der Waals surface area contributed by atoms with Crippen molar-refractivity contribution >= 4 is 63.8 Å². The van der Waals surface area contributed by atoms with Gasteiger partial charge in [-0.3, -0.25) is 9.69 Å². The lowest BCUT2D eigenvalue weighted by Crippen LogP contribution is -2.28. The first-order chi connectivity index (χ1) is 15.9. The molecule has 0 aliphatic carbocycles. The topological polar surface area (TPSA) is 72.1 Å². The van der Waals surface area contributed by atoms with Crippen LogP contribution in [0.25, 0.3) is 17.4 Å². The number of ether oxygens (including phenoxy) is 1. The fraction of sp³-hybridized carbons (Fsp3) is 0.125. The smallest absolute Gasteiger partial charge is 0.337 e. The molecule has 0 bridgehead atoms. The molecule has 1 amide bonds. The Morgan fingerprint density at radius 2 is 2.00 bits per heavy atom. The molecule has 1 aliphatic heterocycles. The van der Waals surface area contributed by atoms with Crippen molar-refractivity contribution in [3.05, 3.63) is 80.9 Å². The van der Waals surface area contributed by atoms with Gasteiger partial charge in [0, 0.05) is 23.2 Å². The Hall–Kier alpha value is -3.00. The predicted octanol–water partition coefficient (Wildman–Crippen LogP) is 6.66. The van der Waals surface area contributed by atoms with Crippen molar-refractivity contribution in [3.8, 4) is 11.3 Å². The number of aliphatic imine (C=N–C) groups is 1. The number of hydrogen-bond donors (Lipinski definition) is 0. The second-order valence-electron chi connectivity index (χ2n) is 6.92. The van der Waals surface area contributed by atoms with Gasteiger partial charge in [0.2, 0.25) is 0 Å². The normalized spacial score (nSPS) is 16.1. The van der Waals surface area contributed by atoms with E-state index in [0.717, 1.165) is 0 Å². The number of carbonyl (C=O) groups excluding carboxylic acids is 2. The van der Waals surface area contributed by atoms with E-state index in [1.165, 1.54) is 18.9 Å². The Morgan fingerprint density at radius 3 is 2.76 bits per heavy atom. The molecule has 0 radical (unpaired) electrons. The highest BCUT2D eigenvalue weighted by Crippen LogP contribution is 2.36. The summed E-state index contributed by atoms with van der Waals surface area (Å²) in [7, 11) is 1.32. The average Bonchev–Trinajstić information content (AvgIpc) is 3.39. The van der Waals surface area contributed by atoms with Gasteiger partial charge >= 0.3 is 5.97 Å². The SMILES string of the molecule is CCN1C(=O)C(=Cc2ccc(-c3cc(Cl)ccc3Cl)o2)SC1=Nc1cccc(C(=O)OC)c1.